The van der Waals surface area contributed by atoms with Crippen LogP contribution in [0.5, 0.6) is 0 Å². The summed E-state index contributed by atoms with van der Waals surface area (Å²) in [5.74, 6) is 1.96. The monoisotopic (exact) mass is 233 g/mol. The highest BCUT2D eigenvalue weighted by Crippen LogP contribution is 2.23. The molecular weight excluding hydrogens is 210 g/mol. The van der Waals surface area contributed by atoms with Gasteiger partial charge in [-0.3, -0.25) is 0 Å². The third-order valence-corrected chi connectivity index (χ3v) is 3.33. The van der Waals surface area contributed by atoms with E-state index in [9.17, 15) is 0 Å². The molecule has 2 heterocycles. The average molecular weight is 233 g/mol. The number of aromatic nitrogens is 1. The fourth-order valence-corrected chi connectivity index (χ4v) is 2.40. The van der Waals surface area contributed by atoms with Crippen LogP contribution in [0.25, 0.3) is 0 Å². The maximum atomic E-state index is 4.66. The molecular formula is C14H23N3. The molecule has 17 heavy (non-hydrogen) atoms. The van der Waals surface area contributed by atoms with E-state index < -0.39 is 0 Å². The quantitative estimate of drug-likeness (QED) is 0.865. The number of hydrogen-bond donors (Lipinski definition) is 1. The molecule has 0 amide bonds. The fraction of sp³-hybridized carbons (Fsp3) is 0.643. The number of hydrogen-bond acceptors (Lipinski definition) is 3. The van der Waals surface area contributed by atoms with Crippen LogP contribution >= 0.6 is 0 Å². The summed E-state index contributed by atoms with van der Waals surface area (Å²) in [6, 6.07) is 4.40. The first-order valence-electron chi connectivity index (χ1n) is 6.62. The summed E-state index contributed by atoms with van der Waals surface area (Å²) in [6.45, 7) is 10.8. The highest BCUT2D eigenvalue weighted by atomic mass is 15.2. The molecule has 0 saturated carbocycles. The van der Waals surface area contributed by atoms with Crippen molar-refractivity contribution in [2.75, 3.05) is 24.5 Å². The van der Waals surface area contributed by atoms with Crippen molar-refractivity contribution in [2.45, 2.75) is 33.7 Å². The van der Waals surface area contributed by atoms with Gasteiger partial charge in [0.2, 0.25) is 0 Å². The van der Waals surface area contributed by atoms with Crippen molar-refractivity contribution in [1.29, 1.82) is 0 Å². The molecule has 1 aliphatic rings. The van der Waals surface area contributed by atoms with Gasteiger partial charge in [-0.05, 0) is 43.5 Å². The third-order valence-electron chi connectivity index (χ3n) is 3.33. The van der Waals surface area contributed by atoms with Crippen molar-refractivity contribution in [3.8, 4) is 0 Å². The van der Waals surface area contributed by atoms with Crippen molar-refractivity contribution in [3.05, 3.63) is 23.4 Å². The van der Waals surface area contributed by atoms with E-state index in [1.807, 2.05) is 0 Å². The molecule has 94 valence electrons. The van der Waals surface area contributed by atoms with Gasteiger partial charge in [-0.2, -0.15) is 0 Å². The molecule has 3 nitrogen and oxygen atoms in total. The summed E-state index contributed by atoms with van der Waals surface area (Å²) in [5, 5.41) is 3.37. The Kier molecular flexibility index (Phi) is 4.00. The first-order chi connectivity index (χ1) is 8.19. The van der Waals surface area contributed by atoms with Crippen LogP contribution in [0.3, 0.4) is 0 Å². The topological polar surface area (TPSA) is 28.2 Å². The Morgan fingerprint density at radius 3 is 2.94 bits per heavy atom. The number of anilines is 1. The Morgan fingerprint density at radius 2 is 2.29 bits per heavy atom. The molecule has 0 aromatic carbocycles. The van der Waals surface area contributed by atoms with E-state index in [0.29, 0.717) is 0 Å². The van der Waals surface area contributed by atoms with Crippen LogP contribution in [-0.4, -0.2) is 24.6 Å². The second kappa shape index (κ2) is 5.50. The molecule has 1 aliphatic heterocycles. The van der Waals surface area contributed by atoms with E-state index in [1.54, 1.807) is 0 Å². The molecule has 1 aromatic heterocycles. The minimum atomic E-state index is 0.800. The van der Waals surface area contributed by atoms with Crippen molar-refractivity contribution in [3.63, 3.8) is 0 Å². The van der Waals surface area contributed by atoms with E-state index in [4.69, 9.17) is 0 Å². The molecule has 1 saturated heterocycles. The second-order valence-corrected chi connectivity index (χ2v) is 5.10. The lowest BCUT2D eigenvalue weighted by Crippen LogP contribution is -2.21. The zero-order chi connectivity index (χ0) is 12.3. The number of pyridine rings is 1. The molecule has 0 spiro atoms. The van der Waals surface area contributed by atoms with E-state index >= 15 is 0 Å². The van der Waals surface area contributed by atoms with Crippen molar-refractivity contribution in [1.82, 2.24) is 10.3 Å². The van der Waals surface area contributed by atoms with Gasteiger partial charge in [0, 0.05) is 25.3 Å². The summed E-state index contributed by atoms with van der Waals surface area (Å²) in [6.07, 6.45) is 1.29. The number of nitrogens with one attached hydrogen (secondary N) is 1. The van der Waals surface area contributed by atoms with Crippen molar-refractivity contribution in [2.24, 2.45) is 5.92 Å². The van der Waals surface area contributed by atoms with Gasteiger partial charge in [-0.25, -0.2) is 4.98 Å². The van der Waals surface area contributed by atoms with E-state index in [-0.39, 0.29) is 0 Å². The lowest BCUT2D eigenvalue weighted by Gasteiger charge is -2.18. The normalized spacial score (nSPS) is 19.9. The Labute approximate surface area is 104 Å². The van der Waals surface area contributed by atoms with Crippen LogP contribution in [0.15, 0.2) is 12.1 Å². The maximum Gasteiger partial charge on any atom is 0.129 e. The van der Waals surface area contributed by atoms with Gasteiger partial charge in [-0.1, -0.05) is 13.8 Å². The zero-order valence-corrected chi connectivity index (χ0v) is 11.2. The molecule has 0 radical (unpaired) electrons. The molecule has 3 heteroatoms. The lowest BCUT2D eigenvalue weighted by atomic mass is 10.2. The summed E-state index contributed by atoms with van der Waals surface area (Å²) in [5.41, 5.74) is 2.46. The summed E-state index contributed by atoms with van der Waals surface area (Å²) >= 11 is 0. The van der Waals surface area contributed by atoms with Gasteiger partial charge in [0.25, 0.3) is 0 Å². The van der Waals surface area contributed by atoms with E-state index in [1.165, 1.54) is 12.0 Å². The fourth-order valence-electron chi connectivity index (χ4n) is 2.40. The molecule has 1 unspecified atom stereocenters. The molecule has 1 fully saturated rings. The molecule has 2 rings (SSSR count). The maximum absolute atomic E-state index is 4.66. The minimum Gasteiger partial charge on any atom is -0.356 e. The molecule has 1 aromatic rings. The van der Waals surface area contributed by atoms with Crippen LogP contribution in [0.4, 0.5) is 5.82 Å². The van der Waals surface area contributed by atoms with Crippen LogP contribution in [0, 0.1) is 12.8 Å². The number of rotatable bonds is 4. The van der Waals surface area contributed by atoms with Gasteiger partial charge < -0.3 is 10.2 Å². The van der Waals surface area contributed by atoms with E-state index in [0.717, 1.165) is 43.6 Å². The van der Waals surface area contributed by atoms with Crippen molar-refractivity contribution >= 4 is 5.82 Å². The minimum absolute atomic E-state index is 0.800. The SMILES string of the molecule is CCNCc1cc(C)nc(N2CCC(C)C2)c1. The van der Waals surface area contributed by atoms with Gasteiger partial charge in [-0.15, -0.1) is 0 Å². The van der Waals surface area contributed by atoms with Crippen LogP contribution < -0.4 is 10.2 Å². The van der Waals surface area contributed by atoms with E-state index in [2.05, 4.69) is 48.1 Å². The highest BCUT2D eigenvalue weighted by molar-refractivity contribution is 5.43. The Morgan fingerprint density at radius 1 is 1.47 bits per heavy atom. The van der Waals surface area contributed by atoms with Gasteiger partial charge in [0.15, 0.2) is 0 Å². The van der Waals surface area contributed by atoms with Gasteiger partial charge in [0.05, 0.1) is 0 Å². The highest BCUT2D eigenvalue weighted by Gasteiger charge is 2.20. The summed E-state index contributed by atoms with van der Waals surface area (Å²) in [4.78, 5) is 7.07. The Hall–Kier alpha value is -1.09. The standard InChI is InChI=1S/C14H23N3/c1-4-15-9-13-7-12(3)16-14(8-13)17-6-5-11(2)10-17/h7-8,11,15H,4-6,9-10H2,1-3H3. The van der Waals surface area contributed by atoms with Crippen LogP contribution in [0.2, 0.25) is 0 Å². The lowest BCUT2D eigenvalue weighted by molar-refractivity contribution is 0.658. The third kappa shape index (κ3) is 3.19. The predicted molar refractivity (Wildman–Crippen MR) is 72.3 cm³/mol. The molecule has 0 bridgehead atoms. The summed E-state index contributed by atoms with van der Waals surface area (Å²) < 4.78 is 0. The predicted octanol–water partition coefficient (Wildman–Crippen LogP) is 2.35. The molecule has 0 aliphatic carbocycles. The van der Waals surface area contributed by atoms with Crippen molar-refractivity contribution < 1.29 is 0 Å². The Balaban J connectivity index is 2.13. The molecule has 1 N–H and O–H groups in total. The van der Waals surface area contributed by atoms with Gasteiger partial charge >= 0.3 is 0 Å². The molecule has 1 atom stereocenters. The average Bonchev–Trinajstić information content (AvgIpc) is 2.72. The second-order valence-electron chi connectivity index (χ2n) is 5.10. The zero-order valence-electron chi connectivity index (χ0n) is 11.2. The first kappa shape index (κ1) is 12.4. The number of aryl methyl sites for hydroxylation is 1. The summed E-state index contributed by atoms with van der Waals surface area (Å²) in [7, 11) is 0. The number of nitrogens with zero attached hydrogens (tertiary/aromatic N) is 2. The Bertz CT molecular complexity index is 376. The van der Waals surface area contributed by atoms with Crippen LogP contribution in [-0.2, 0) is 6.54 Å². The smallest absolute Gasteiger partial charge is 0.129 e. The van der Waals surface area contributed by atoms with Crippen LogP contribution in [0.1, 0.15) is 31.5 Å². The largest absolute Gasteiger partial charge is 0.356 e. The van der Waals surface area contributed by atoms with Gasteiger partial charge in [0.1, 0.15) is 5.82 Å². The first-order valence-corrected chi connectivity index (χ1v) is 6.62.